The van der Waals surface area contributed by atoms with Gasteiger partial charge in [0.1, 0.15) is 0 Å². The lowest BCUT2D eigenvalue weighted by molar-refractivity contribution is -0.124. The molecule has 1 fully saturated rings. The zero-order valence-corrected chi connectivity index (χ0v) is 6.23. The lowest BCUT2D eigenvalue weighted by atomic mass is 10.6. The first-order valence-electron chi connectivity index (χ1n) is 2.64. The Hall–Kier alpha value is -0.640. The van der Waals surface area contributed by atoms with Gasteiger partial charge in [0.05, 0.1) is 6.54 Å². The topological polar surface area (TPSA) is 23.6 Å². The Morgan fingerprint density at radius 2 is 2.11 bits per heavy atom. The molecule has 1 rings (SSSR count). The summed E-state index contributed by atoms with van der Waals surface area (Å²) in [5, 5.41) is 0.611. The first-order valence-corrected chi connectivity index (χ1v) is 3.05. The molecule has 3 nitrogen and oxygen atoms in total. The molecule has 1 aliphatic heterocycles. The number of amides is 1. The third kappa shape index (κ3) is 0.896. The first-order chi connectivity index (χ1) is 4.13. The van der Waals surface area contributed by atoms with Crippen molar-refractivity contribution in [2.45, 2.75) is 0 Å². The van der Waals surface area contributed by atoms with Crippen LogP contribution in [0.2, 0.25) is 0 Å². The molecular formula is C5H8N2OS. The van der Waals surface area contributed by atoms with Crippen molar-refractivity contribution in [2.24, 2.45) is 0 Å². The predicted octanol–water partition coefficient (Wildman–Crippen LogP) is -0.325. The van der Waals surface area contributed by atoms with E-state index >= 15 is 0 Å². The summed E-state index contributed by atoms with van der Waals surface area (Å²) in [5.41, 5.74) is 0. The number of likely N-dealkylation sites (N-methyl/N-ethyl adjacent to an activating group) is 2. The van der Waals surface area contributed by atoms with E-state index in [2.05, 4.69) is 0 Å². The zero-order valence-electron chi connectivity index (χ0n) is 5.42. The summed E-state index contributed by atoms with van der Waals surface area (Å²) in [6, 6.07) is 0. The van der Waals surface area contributed by atoms with Crippen LogP contribution in [0.3, 0.4) is 0 Å². The monoisotopic (exact) mass is 144 g/mol. The maximum absolute atomic E-state index is 10.8. The highest BCUT2D eigenvalue weighted by molar-refractivity contribution is 7.80. The molecule has 0 spiro atoms. The third-order valence-electron chi connectivity index (χ3n) is 1.36. The number of thiocarbonyl (C=S) groups is 1. The lowest BCUT2D eigenvalue weighted by Gasteiger charge is -2.09. The summed E-state index contributed by atoms with van der Waals surface area (Å²) in [4.78, 5) is 14.0. The minimum atomic E-state index is 0.0718. The van der Waals surface area contributed by atoms with Gasteiger partial charge < -0.3 is 4.90 Å². The first kappa shape index (κ1) is 6.48. The minimum Gasteiger partial charge on any atom is -0.343 e. The molecule has 0 aromatic rings. The van der Waals surface area contributed by atoms with Gasteiger partial charge in [0.15, 0.2) is 5.11 Å². The molecule has 0 bridgehead atoms. The summed E-state index contributed by atoms with van der Waals surface area (Å²) in [5.74, 6) is 0.0718. The molecule has 50 valence electrons. The van der Waals surface area contributed by atoms with Gasteiger partial charge in [0.2, 0.25) is 5.91 Å². The number of carbonyl (C=O) groups is 1. The number of hydrogen-bond donors (Lipinski definition) is 0. The Morgan fingerprint density at radius 3 is 2.22 bits per heavy atom. The fraction of sp³-hybridized carbons (Fsp3) is 0.600. The molecular weight excluding hydrogens is 136 g/mol. The molecule has 1 aliphatic rings. The molecule has 9 heavy (non-hydrogen) atoms. The number of rotatable bonds is 0. The lowest BCUT2D eigenvalue weighted by Crippen LogP contribution is -2.26. The van der Waals surface area contributed by atoms with Gasteiger partial charge in [-0.2, -0.15) is 0 Å². The number of hydrogen-bond acceptors (Lipinski definition) is 2. The van der Waals surface area contributed by atoms with E-state index in [1.807, 2.05) is 7.05 Å². The molecule has 0 saturated carbocycles. The van der Waals surface area contributed by atoms with Gasteiger partial charge in [0.25, 0.3) is 0 Å². The molecule has 0 atom stereocenters. The second-order valence-electron chi connectivity index (χ2n) is 2.09. The van der Waals surface area contributed by atoms with Crippen LogP contribution in [0.4, 0.5) is 0 Å². The van der Waals surface area contributed by atoms with Crippen LogP contribution in [0, 0.1) is 0 Å². The molecule has 0 unspecified atom stereocenters. The molecule has 1 amide bonds. The molecule has 1 heterocycles. The van der Waals surface area contributed by atoms with Gasteiger partial charge >= 0.3 is 0 Å². The van der Waals surface area contributed by atoms with Crippen LogP contribution in [0.15, 0.2) is 0 Å². The molecule has 0 aromatic heterocycles. The van der Waals surface area contributed by atoms with Gasteiger partial charge in [-0.05, 0) is 12.2 Å². The number of carbonyl (C=O) groups excluding carboxylic acids is 1. The van der Waals surface area contributed by atoms with Crippen molar-refractivity contribution < 1.29 is 4.79 Å². The van der Waals surface area contributed by atoms with Gasteiger partial charge in [-0.15, -0.1) is 0 Å². The van der Waals surface area contributed by atoms with E-state index in [1.54, 1.807) is 11.9 Å². The van der Waals surface area contributed by atoms with Crippen LogP contribution in [-0.2, 0) is 4.79 Å². The second kappa shape index (κ2) is 1.95. The van der Waals surface area contributed by atoms with E-state index in [0.717, 1.165) is 0 Å². The van der Waals surface area contributed by atoms with Crippen molar-refractivity contribution in [3.63, 3.8) is 0 Å². The fourth-order valence-electron chi connectivity index (χ4n) is 0.739. The standard InChI is InChI=1S/C5H8N2OS/c1-6-3-4(8)7(2)5(6)9/h3H2,1-2H3. The van der Waals surface area contributed by atoms with Crippen LogP contribution >= 0.6 is 12.2 Å². The predicted molar refractivity (Wildman–Crippen MR) is 38.0 cm³/mol. The van der Waals surface area contributed by atoms with Crippen LogP contribution in [0.1, 0.15) is 0 Å². The van der Waals surface area contributed by atoms with Crippen molar-refractivity contribution >= 4 is 23.2 Å². The summed E-state index contributed by atoms with van der Waals surface area (Å²) in [6.45, 7) is 0.426. The van der Waals surface area contributed by atoms with E-state index in [4.69, 9.17) is 12.2 Å². The fourth-order valence-corrected chi connectivity index (χ4v) is 0.906. The van der Waals surface area contributed by atoms with Gasteiger partial charge in [0, 0.05) is 14.1 Å². The Balaban J connectivity index is 2.77. The SMILES string of the molecule is CN1CC(=O)N(C)C1=S. The highest BCUT2D eigenvalue weighted by atomic mass is 32.1. The smallest absolute Gasteiger partial charge is 0.248 e. The summed E-state index contributed by atoms with van der Waals surface area (Å²) in [7, 11) is 3.50. The van der Waals surface area contributed by atoms with Crippen LogP contribution in [0.25, 0.3) is 0 Å². The quantitative estimate of drug-likeness (QED) is 0.435. The van der Waals surface area contributed by atoms with E-state index in [-0.39, 0.29) is 5.91 Å². The van der Waals surface area contributed by atoms with Crippen LogP contribution in [0.5, 0.6) is 0 Å². The average molecular weight is 144 g/mol. The number of nitrogens with zero attached hydrogens (tertiary/aromatic N) is 2. The molecule has 0 radical (unpaired) electrons. The minimum absolute atomic E-state index is 0.0718. The third-order valence-corrected chi connectivity index (χ3v) is 1.95. The van der Waals surface area contributed by atoms with E-state index in [9.17, 15) is 4.79 Å². The molecule has 0 aromatic carbocycles. The van der Waals surface area contributed by atoms with Gasteiger partial charge in [-0.3, -0.25) is 9.69 Å². The second-order valence-corrected chi connectivity index (χ2v) is 2.46. The summed E-state index contributed by atoms with van der Waals surface area (Å²) < 4.78 is 0. The van der Waals surface area contributed by atoms with E-state index in [0.29, 0.717) is 11.7 Å². The molecule has 1 saturated heterocycles. The highest BCUT2D eigenvalue weighted by Gasteiger charge is 2.25. The average Bonchev–Trinajstić information content (AvgIpc) is 1.98. The van der Waals surface area contributed by atoms with Gasteiger partial charge in [-0.1, -0.05) is 0 Å². The maximum Gasteiger partial charge on any atom is 0.248 e. The molecule has 4 heteroatoms. The Kier molecular flexibility index (Phi) is 1.40. The van der Waals surface area contributed by atoms with E-state index in [1.165, 1.54) is 4.90 Å². The van der Waals surface area contributed by atoms with Crippen molar-refractivity contribution in [1.82, 2.24) is 9.80 Å². The maximum atomic E-state index is 10.8. The summed E-state index contributed by atoms with van der Waals surface area (Å²) in [6.07, 6.45) is 0. The van der Waals surface area contributed by atoms with Crippen molar-refractivity contribution in [3.05, 3.63) is 0 Å². The normalized spacial score (nSPS) is 19.8. The van der Waals surface area contributed by atoms with Crippen molar-refractivity contribution in [1.29, 1.82) is 0 Å². The van der Waals surface area contributed by atoms with E-state index < -0.39 is 0 Å². The Bertz CT molecular complexity index is 168. The van der Waals surface area contributed by atoms with Crippen molar-refractivity contribution in [2.75, 3.05) is 20.6 Å². The zero-order chi connectivity index (χ0) is 7.02. The Morgan fingerprint density at radius 1 is 1.56 bits per heavy atom. The Labute approximate surface area is 59.2 Å². The summed E-state index contributed by atoms with van der Waals surface area (Å²) >= 11 is 4.87. The van der Waals surface area contributed by atoms with Gasteiger partial charge in [-0.25, -0.2) is 0 Å². The molecule has 0 aliphatic carbocycles. The van der Waals surface area contributed by atoms with Crippen LogP contribution in [-0.4, -0.2) is 41.5 Å². The van der Waals surface area contributed by atoms with Crippen molar-refractivity contribution in [3.8, 4) is 0 Å². The molecule has 0 N–H and O–H groups in total. The highest BCUT2D eigenvalue weighted by Crippen LogP contribution is 2.03. The van der Waals surface area contributed by atoms with Crippen LogP contribution < -0.4 is 0 Å². The largest absolute Gasteiger partial charge is 0.343 e.